The van der Waals surface area contributed by atoms with Gasteiger partial charge in [-0.15, -0.1) is 0 Å². The summed E-state index contributed by atoms with van der Waals surface area (Å²) < 4.78 is 38.1. The normalized spacial score (nSPS) is 11.1. The van der Waals surface area contributed by atoms with E-state index < -0.39 is 11.7 Å². The quantitative estimate of drug-likeness (QED) is 0.688. The first kappa shape index (κ1) is 18.4. The summed E-state index contributed by atoms with van der Waals surface area (Å²) in [6.45, 7) is 0. The van der Waals surface area contributed by atoms with Gasteiger partial charge in [0.05, 0.1) is 16.8 Å². The number of amides is 1. The molecule has 7 heteroatoms. The molecule has 0 fully saturated rings. The Morgan fingerprint density at radius 2 is 1.67 bits per heavy atom. The van der Waals surface area contributed by atoms with Crippen LogP contribution >= 0.6 is 0 Å². The molecule has 3 aromatic rings. The van der Waals surface area contributed by atoms with Gasteiger partial charge in [-0.25, -0.2) is 0 Å². The van der Waals surface area contributed by atoms with E-state index in [1.54, 1.807) is 25.2 Å². The molecule has 0 spiro atoms. The van der Waals surface area contributed by atoms with Crippen molar-refractivity contribution in [2.24, 2.45) is 0 Å². The van der Waals surface area contributed by atoms with E-state index in [9.17, 15) is 18.0 Å². The van der Waals surface area contributed by atoms with Crippen molar-refractivity contribution in [3.8, 4) is 11.3 Å². The van der Waals surface area contributed by atoms with E-state index in [0.29, 0.717) is 22.6 Å². The largest absolute Gasteiger partial charge is 0.416 e. The van der Waals surface area contributed by atoms with Gasteiger partial charge in [0, 0.05) is 30.2 Å². The number of rotatable bonds is 4. The Kier molecular flexibility index (Phi) is 5.12. The molecule has 0 saturated heterocycles. The zero-order valence-corrected chi connectivity index (χ0v) is 14.3. The minimum atomic E-state index is -4.37. The number of benzene rings is 2. The lowest BCUT2D eigenvalue weighted by Crippen LogP contribution is -2.17. The highest BCUT2D eigenvalue weighted by molar-refractivity contribution is 5.94. The first-order valence-electron chi connectivity index (χ1n) is 8.10. The molecule has 1 amide bonds. The molecule has 0 atom stereocenters. The van der Waals surface area contributed by atoms with Crippen LogP contribution in [-0.4, -0.2) is 17.9 Å². The van der Waals surface area contributed by atoms with E-state index in [4.69, 9.17) is 0 Å². The summed E-state index contributed by atoms with van der Waals surface area (Å²) >= 11 is 0. The fourth-order valence-corrected chi connectivity index (χ4v) is 2.55. The van der Waals surface area contributed by atoms with Crippen molar-refractivity contribution in [3.63, 3.8) is 0 Å². The van der Waals surface area contributed by atoms with Crippen LogP contribution in [-0.2, 0) is 6.18 Å². The van der Waals surface area contributed by atoms with Gasteiger partial charge in [0.2, 0.25) is 0 Å². The molecule has 27 heavy (non-hydrogen) atoms. The van der Waals surface area contributed by atoms with Crippen LogP contribution in [0.15, 0.2) is 66.9 Å². The highest BCUT2D eigenvalue weighted by atomic mass is 19.4. The zero-order chi connectivity index (χ0) is 19.4. The van der Waals surface area contributed by atoms with E-state index in [1.807, 2.05) is 18.2 Å². The molecule has 2 N–H and O–H groups in total. The van der Waals surface area contributed by atoms with E-state index in [0.717, 1.165) is 17.7 Å². The molecule has 0 bridgehead atoms. The maximum atomic E-state index is 12.7. The Morgan fingerprint density at radius 1 is 0.963 bits per heavy atom. The monoisotopic (exact) mass is 371 g/mol. The third-order valence-corrected chi connectivity index (χ3v) is 3.95. The molecule has 1 aromatic heterocycles. The van der Waals surface area contributed by atoms with Crippen LogP contribution in [0, 0.1) is 0 Å². The number of pyridine rings is 1. The van der Waals surface area contributed by atoms with Crippen molar-refractivity contribution < 1.29 is 18.0 Å². The van der Waals surface area contributed by atoms with Gasteiger partial charge in [-0.3, -0.25) is 9.78 Å². The summed E-state index contributed by atoms with van der Waals surface area (Å²) in [5.74, 6) is -0.231. The van der Waals surface area contributed by atoms with Crippen molar-refractivity contribution in [2.45, 2.75) is 6.18 Å². The van der Waals surface area contributed by atoms with E-state index in [1.165, 1.54) is 18.3 Å². The lowest BCUT2D eigenvalue weighted by molar-refractivity contribution is -0.137. The number of aromatic nitrogens is 1. The number of nitrogens with one attached hydrogen (secondary N) is 2. The van der Waals surface area contributed by atoms with Crippen LogP contribution in [0.25, 0.3) is 11.3 Å². The first-order valence-corrected chi connectivity index (χ1v) is 8.10. The predicted octanol–water partition coefficient (Wildman–Crippen LogP) is 4.87. The summed E-state index contributed by atoms with van der Waals surface area (Å²) in [6.07, 6.45) is -2.89. The Bertz CT molecular complexity index is 936. The molecule has 0 unspecified atom stereocenters. The fourth-order valence-electron chi connectivity index (χ4n) is 2.55. The Morgan fingerprint density at radius 3 is 2.26 bits per heavy atom. The number of carbonyl (C=O) groups is 1. The summed E-state index contributed by atoms with van der Waals surface area (Å²) in [5.41, 5.74) is 2.36. The second kappa shape index (κ2) is 7.49. The zero-order valence-electron chi connectivity index (χ0n) is 14.3. The smallest absolute Gasteiger partial charge is 0.355 e. The molecule has 0 aliphatic heterocycles. The summed E-state index contributed by atoms with van der Waals surface area (Å²) in [4.78, 5) is 15.9. The van der Waals surface area contributed by atoms with Crippen LogP contribution in [0.2, 0.25) is 0 Å². The highest BCUT2D eigenvalue weighted by Crippen LogP contribution is 2.32. The number of anilines is 2. The average Bonchev–Trinajstić information content (AvgIpc) is 2.68. The number of para-hydroxylation sites is 1. The molecule has 2 aromatic carbocycles. The lowest BCUT2D eigenvalue weighted by atomic mass is 10.1. The second-order valence-corrected chi connectivity index (χ2v) is 5.76. The van der Waals surface area contributed by atoms with Crippen LogP contribution in [0.4, 0.5) is 24.5 Å². The molecule has 4 nitrogen and oxygen atoms in total. The first-order chi connectivity index (χ1) is 12.9. The molecule has 0 radical (unpaired) electrons. The molecule has 138 valence electrons. The molecule has 0 saturated carbocycles. The van der Waals surface area contributed by atoms with Crippen molar-refractivity contribution in [3.05, 3.63) is 78.0 Å². The number of carbonyl (C=O) groups excluding carboxylic acids is 1. The van der Waals surface area contributed by atoms with Crippen LogP contribution in [0.5, 0.6) is 0 Å². The SMILES string of the molecule is CNC(=O)c1ccc(-c2ccccc2Nc2ccc(C(F)(F)F)cc2)nc1. The van der Waals surface area contributed by atoms with Gasteiger partial charge in [-0.2, -0.15) is 13.2 Å². The topological polar surface area (TPSA) is 54.0 Å². The fraction of sp³-hybridized carbons (Fsp3) is 0.100. The molecule has 3 rings (SSSR count). The van der Waals surface area contributed by atoms with Crippen LogP contribution in [0.1, 0.15) is 15.9 Å². The summed E-state index contributed by atoms with van der Waals surface area (Å²) in [7, 11) is 1.54. The van der Waals surface area contributed by atoms with Gasteiger partial charge in [-0.1, -0.05) is 18.2 Å². The van der Waals surface area contributed by atoms with Crippen molar-refractivity contribution in [1.82, 2.24) is 10.3 Å². The lowest BCUT2D eigenvalue weighted by Gasteiger charge is -2.13. The predicted molar refractivity (Wildman–Crippen MR) is 97.8 cm³/mol. The standard InChI is InChI=1S/C20H16F3N3O/c1-24-19(27)13-6-11-17(25-12-13)16-4-2-3-5-18(16)26-15-9-7-14(8-10-15)20(21,22)23/h2-12,26H,1H3,(H,24,27). The van der Waals surface area contributed by atoms with Crippen LogP contribution < -0.4 is 10.6 Å². The number of hydrogen-bond acceptors (Lipinski definition) is 3. The van der Waals surface area contributed by atoms with Gasteiger partial charge in [-0.05, 0) is 42.5 Å². The van der Waals surface area contributed by atoms with Gasteiger partial charge >= 0.3 is 6.18 Å². The maximum Gasteiger partial charge on any atom is 0.416 e. The number of alkyl halides is 3. The van der Waals surface area contributed by atoms with Gasteiger partial charge in [0.25, 0.3) is 5.91 Å². The van der Waals surface area contributed by atoms with E-state index in [2.05, 4.69) is 15.6 Å². The molecular weight excluding hydrogens is 355 g/mol. The second-order valence-electron chi connectivity index (χ2n) is 5.76. The van der Waals surface area contributed by atoms with Gasteiger partial charge < -0.3 is 10.6 Å². The minimum absolute atomic E-state index is 0.231. The van der Waals surface area contributed by atoms with Crippen LogP contribution in [0.3, 0.4) is 0 Å². The summed E-state index contributed by atoms with van der Waals surface area (Å²) in [6, 6.07) is 15.5. The van der Waals surface area contributed by atoms with Crippen molar-refractivity contribution in [1.29, 1.82) is 0 Å². The van der Waals surface area contributed by atoms with Gasteiger partial charge in [0.15, 0.2) is 0 Å². The van der Waals surface area contributed by atoms with E-state index in [-0.39, 0.29) is 5.91 Å². The Labute approximate surface area is 154 Å². The molecule has 1 heterocycles. The Hall–Kier alpha value is -3.35. The van der Waals surface area contributed by atoms with E-state index >= 15 is 0 Å². The third kappa shape index (κ3) is 4.25. The molecular formula is C20H16F3N3O. The average molecular weight is 371 g/mol. The highest BCUT2D eigenvalue weighted by Gasteiger charge is 2.29. The molecule has 0 aliphatic carbocycles. The molecule has 0 aliphatic rings. The third-order valence-electron chi connectivity index (χ3n) is 3.95. The summed E-state index contributed by atoms with van der Waals surface area (Å²) in [5, 5.41) is 5.64. The number of hydrogen-bond donors (Lipinski definition) is 2. The van der Waals surface area contributed by atoms with Gasteiger partial charge in [0.1, 0.15) is 0 Å². The number of nitrogens with zero attached hydrogens (tertiary/aromatic N) is 1. The Balaban J connectivity index is 1.87. The minimum Gasteiger partial charge on any atom is -0.355 e. The van der Waals surface area contributed by atoms with Crippen molar-refractivity contribution in [2.75, 3.05) is 12.4 Å². The van der Waals surface area contributed by atoms with Crippen molar-refractivity contribution >= 4 is 17.3 Å². The number of halogens is 3. The maximum absolute atomic E-state index is 12.7.